The molecule has 0 spiro atoms. The predicted octanol–water partition coefficient (Wildman–Crippen LogP) is -2.69. The molecule has 1 aliphatic heterocycles. The quantitative estimate of drug-likeness (QED) is 0.259. The molecule has 0 aromatic heterocycles. The van der Waals surface area contributed by atoms with E-state index < -0.39 is 52.6 Å². The van der Waals surface area contributed by atoms with Crippen molar-refractivity contribution < 1.29 is 48.4 Å². The van der Waals surface area contributed by atoms with Gasteiger partial charge in [0.15, 0.2) is 6.29 Å². The summed E-state index contributed by atoms with van der Waals surface area (Å²) >= 11 is 0. The van der Waals surface area contributed by atoms with E-state index in [-0.39, 0.29) is 0 Å². The lowest BCUT2D eigenvalue weighted by molar-refractivity contribution is -0.250. The van der Waals surface area contributed by atoms with Crippen LogP contribution in [0.1, 0.15) is 0 Å². The predicted molar refractivity (Wildman–Crippen MR) is 63.6 cm³/mol. The highest BCUT2D eigenvalue weighted by Crippen LogP contribution is 2.37. The summed E-state index contributed by atoms with van der Waals surface area (Å²) in [4.78, 5) is 26.2. The second-order valence-corrected chi connectivity index (χ2v) is 7.62. The topological polar surface area (TPSA) is 186 Å². The summed E-state index contributed by atoms with van der Waals surface area (Å²) in [5.74, 6) is 0. The van der Waals surface area contributed by atoms with Crippen molar-refractivity contribution in [2.24, 2.45) is 0 Å². The van der Waals surface area contributed by atoms with Gasteiger partial charge in [0.1, 0.15) is 18.3 Å². The van der Waals surface area contributed by atoms with Crippen LogP contribution in [0.15, 0.2) is 0 Å². The first-order chi connectivity index (χ1) is 8.91. The number of phosphoric ester groups is 1. The third kappa shape index (κ3) is 5.47. The number of hydrogen-bond acceptors (Lipinski definition) is 7. The van der Waals surface area contributed by atoms with E-state index >= 15 is 0 Å². The molecule has 1 aliphatic rings. The van der Waals surface area contributed by atoms with Gasteiger partial charge in [-0.25, -0.2) is 9.65 Å². The van der Waals surface area contributed by atoms with Gasteiger partial charge in [0.25, 0.3) is 7.52 Å². The summed E-state index contributed by atoms with van der Waals surface area (Å²) in [5.41, 5.74) is 0. The van der Waals surface area contributed by atoms with Gasteiger partial charge in [0.05, 0.1) is 12.6 Å². The van der Waals surface area contributed by atoms with Gasteiger partial charge in [-0.2, -0.15) is 0 Å². The summed E-state index contributed by atoms with van der Waals surface area (Å²) in [6.45, 7) is 0.136. The Balaban J connectivity index is 2.71. The minimum absolute atomic E-state index is 0.783. The van der Waals surface area contributed by atoms with E-state index in [4.69, 9.17) is 19.4 Å². The number of rotatable bonds is 5. The lowest BCUT2D eigenvalue weighted by atomic mass is 9.98. The monoisotopic (exact) mass is 337 g/mol. The molecule has 1 rings (SSSR count). The zero-order valence-corrected chi connectivity index (χ0v) is 12.1. The van der Waals surface area contributed by atoms with Gasteiger partial charge in [-0.15, -0.1) is 0 Å². The summed E-state index contributed by atoms with van der Waals surface area (Å²) in [7, 11) is -8.62. The molecule has 1 unspecified atom stereocenters. The Kier molecular flexibility index (Phi) is 5.87. The van der Waals surface area contributed by atoms with Crippen LogP contribution in [0.4, 0.5) is 0 Å². The molecule has 0 amide bonds. The highest BCUT2D eigenvalue weighted by atomic mass is 31.2. The van der Waals surface area contributed by atoms with E-state index in [2.05, 4.69) is 4.52 Å². The van der Waals surface area contributed by atoms with Gasteiger partial charge in [-0.05, 0) is 0 Å². The Morgan fingerprint density at radius 3 is 2.15 bits per heavy atom. The van der Waals surface area contributed by atoms with Gasteiger partial charge in [-0.1, -0.05) is 0 Å². The Bertz CT molecular complexity index is 418. The number of phosphoric acid groups is 1. The molecule has 0 bridgehead atoms. The molecule has 1 fully saturated rings. The standard InChI is InChI=1S/C7H17NO10P2/c1-19(12,13)8-4-6(10)5(9)3(18-7(4)11)2-17-20(14,15)16/h3-7,9-11H,2H2,1H3,(H2,8,12,13)(H2,14,15,16)/t3-,4-,5-,6-,7+/m1/s1. The average molecular weight is 337 g/mol. The first-order valence-electron chi connectivity index (χ1n) is 5.38. The maximum atomic E-state index is 11.2. The van der Waals surface area contributed by atoms with Gasteiger partial charge in [-0.3, -0.25) is 9.09 Å². The summed E-state index contributed by atoms with van der Waals surface area (Å²) in [6.07, 6.45) is -6.58. The minimum Gasteiger partial charge on any atom is -0.388 e. The molecule has 0 aromatic rings. The highest BCUT2D eigenvalue weighted by Gasteiger charge is 2.45. The molecule has 7 N–H and O–H groups in total. The molecule has 0 aromatic carbocycles. The lowest BCUT2D eigenvalue weighted by Gasteiger charge is -2.41. The first-order valence-corrected chi connectivity index (χ1v) is 9.02. The van der Waals surface area contributed by atoms with Gasteiger partial charge in [0.2, 0.25) is 0 Å². The summed E-state index contributed by atoms with van der Waals surface area (Å²) < 4.78 is 30.6. The third-order valence-corrected chi connectivity index (χ3v) is 3.78. The number of aliphatic hydroxyl groups is 3. The van der Waals surface area contributed by atoms with Crippen LogP contribution in [-0.4, -0.2) is 73.9 Å². The highest BCUT2D eigenvalue weighted by molar-refractivity contribution is 7.55. The Labute approximate surface area is 113 Å². The number of aliphatic hydroxyl groups excluding tert-OH is 3. The second kappa shape index (κ2) is 6.47. The van der Waals surface area contributed by atoms with Crippen LogP contribution in [0.3, 0.4) is 0 Å². The van der Waals surface area contributed by atoms with Crippen molar-refractivity contribution in [2.75, 3.05) is 13.3 Å². The molecule has 0 saturated carbocycles. The average Bonchev–Trinajstić information content (AvgIpc) is 2.25. The Morgan fingerprint density at radius 1 is 1.15 bits per heavy atom. The van der Waals surface area contributed by atoms with E-state index in [1.165, 1.54) is 0 Å². The molecule has 13 heteroatoms. The maximum Gasteiger partial charge on any atom is 0.469 e. The van der Waals surface area contributed by atoms with E-state index in [1.807, 2.05) is 5.09 Å². The molecule has 1 saturated heterocycles. The molecule has 120 valence electrons. The molecule has 0 aliphatic carbocycles. The Hall–Kier alpha value is 0.1000. The Morgan fingerprint density at radius 2 is 1.70 bits per heavy atom. The molecular formula is C7H17NO10P2. The fraction of sp³-hybridized carbons (Fsp3) is 1.00. The van der Waals surface area contributed by atoms with Crippen molar-refractivity contribution >= 4 is 15.3 Å². The largest absolute Gasteiger partial charge is 0.469 e. The zero-order chi connectivity index (χ0) is 15.7. The van der Waals surface area contributed by atoms with Crippen molar-refractivity contribution in [1.29, 1.82) is 0 Å². The van der Waals surface area contributed by atoms with E-state index in [9.17, 15) is 24.4 Å². The molecule has 0 radical (unpaired) electrons. The van der Waals surface area contributed by atoms with Crippen molar-refractivity contribution in [3.63, 3.8) is 0 Å². The van der Waals surface area contributed by atoms with E-state index in [0.717, 1.165) is 6.66 Å². The van der Waals surface area contributed by atoms with Crippen LogP contribution in [0.5, 0.6) is 0 Å². The van der Waals surface area contributed by atoms with Crippen LogP contribution in [0.2, 0.25) is 0 Å². The minimum atomic E-state index is -4.80. The smallest absolute Gasteiger partial charge is 0.388 e. The molecule has 1 heterocycles. The van der Waals surface area contributed by atoms with E-state index in [1.54, 1.807) is 0 Å². The van der Waals surface area contributed by atoms with Crippen LogP contribution < -0.4 is 5.09 Å². The fourth-order valence-corrected chi connectivity index (χ4v) is 2.84. The van der Waals surface area contributed by atoms with Crippen LogP contribution in [0.25, 0.3) is 0 Å². The number of ether oxygens (including phenoxy) is 1. The lowest BCUT2D eigenvalue weighted by Crippen LogP contribution is -2.62. The fourth-order valence-electron chi connectivity index (χ4n) is 1.67. The number of nitrogens with one attached hydrogen (secondary N) is 1. The summed E-state index contributed by atoms with van der Waals surface area (Å²) in [5, 5.41) is 31.0. The van der Waals surface area contributed by atoms with Crippen LogP contribution in [0, 0.1) is 0 Å². The van der Waals surface area contributed by atoms with Crippen LogP contribution >= 0.6 is 15.3 Å². The molecule has 6 atom stereocenters. The van der Waals surface area contributed by atoms with Gasteiger partial charge >= 0.3 is 7.82 Å². The first kappa shape index (κ1) is 18.1. The van der Waals surface area contributed by atoms with Crippen molar-refractivity contribution in [3.05, 3.63) is 0 Å². The SMILES string of the molecule is CP(=O)(O)N[C@@H]1[C@@H](O)[C@H](O)[C@@H](COP(=O)(O)O)O[C@@H]1O. The van der Waals surface area contributed by atoms with E-state index in [0.29, 0.717) is 0 Å². The van der Waals surface area contributed by atoms with Crippen molar-refractivity contribution in [1.82, 2.24) is 5.09 Å². The second-order valence-electron chi connectivity index (χ2n) is 4.37. The third-order valence-electron chi connectivity index (χ3n) is 2.52. The maximum absolute atomic E-state index is 11.2. The molecular weight excluding hydrogens is 320 g/mol. The van der Waals surface area contributed by atoms with Crippen molar-refractivity contribution in [3.8, 4) is 0 Å². The molecule has 11 nitrogen and oxygen atoms in total. The van der Waals surface area contributed by atoms with Gasteiger partial charge in [0, 0.05) is 6.66 Å². The zero-order valence-electron chi connectivity index (χ0n) is 10.3. The van der Waals surface area contributed by atoms with Crippen molar-refractivity contribution in [2.45, 2.75) is 30.6 Å². The normalized spacial score (nSPS) is 38.5. The summed E-state index contributed by atoms with van der Waals surface area (Å²) in [6, 6.07) is -1.45. The van der Waals surface area contributed by atoms with Crippen LogP contribution in [-0.2, 0) is 18.4 Å². The van der Waals surface area contributed by atoms with Gasteiger partial charge < -0.3 is 34.7 Å². The number of hydrogen-bond donors (Lipinski definition) is 7. The molecule has 20 heavy (non-hydrogen) atoms.